The molecule has 3 nitrogen and oxygen atoms in total. The van der Waals surface area contributed by atoms with Crippen LogP contribution in [0.3, 0.4) is 0 Å². The standard InChI is InChI=1S/C16H24N2O/c1-5-16(2,3)18(4)13(11-17)15-10-12-8-6-7-9-14(12)19-15/h6-10,13H,5,11,17H2,1-4H3. The molecule has 0 saturated heterocycles. The van der Waals surface area contributed by atoms with Crippen LogP contribution >= 0.6 is 0 Å². The van der Waals surface area contributed by atoms with Crippen LogP contribution in [0.15, 0.2) is 34.7 Å². The first-order valence-electron chi connectivity index (χ1n) is 6.91. The number of rotatable bonds is 5. The molecule has 104 valence electrons. The molecule has 2 aromatic rings. The minimum atomic E-state index is 0.100. The Kier molecular flexibility index (Phi) is 3.97. The summed E-state index contributed by atoms with van der Waals surface area (Å²) in [6.07, 6.45) is 1.07. The van der Waals surface area contributed by atoms with E-state index in [2.05, 4.69) is 44.9 Å². The van der Waals surface area contributed by atoms with Crippen molar-refractivity contribution in [3.63, 3.8) is 0 Å². The maximum Gasteiger partial charge on any atom is 0.134 e. The molecule has 2 rings (SSSR count). The molecule has 1 unspecified atom stereocenters. The summed E-state index contributed by atoms with van der Waals surface area (Å²) in [5.74, 6) is 0.952. The third-order valence-corrected chi connectivity index (χ3v) is 4.28. The fraction of sp³-hybridized carbons (Fsp3) is 0.500. The van der Waals surface area contributed by atoms with Crippen molar-refractivity contribution in [1.29, 1.82) is 0 Å². The minimum Gasteiger partial charge on any atom is -0.459 e. The van der Waals surface area contributed by atoms with Crippen LogP contribution in [-0.4, -0.2) is 24.0 Å². The second-order valence-corrected chi connectivity index (χ2v) is 5.71. The van der Waals surface area contributed by atoms with Gasteiger partial charge in [0.1, 0.15) is 11.3 Å². The van der Waals surface area contributed by atoms with E-state index < -0.39 is 0 Å². The average molecular weight is 260 g/mol. The van der Waals surface area contributed by atoms with Gasteiger partial charge in [-0.15, -0.1) is 0 Å². The van der Waals surface area contributed by atoms with E-state index in [0.717, 1.165) is 23.2 Å². The van der Waals surface area contributed by atoms with Crippen LogP contribution in [-0.2, 0) is 0 Å². The van der Waals surface area contributed by atoms with E-state index >= 15 is 0 Å². The minimum absolute atomic E-state index is 0.100. The van der Waals surface area contributed by atoms with Crippen molar-refractivity contribution in [1.82, 2.24) is 4.90 Å². The molecule has 3 heteroatoms. The molecule has 0 bridgehead atoms. The fourth-order valence-corrected chi connectivity index (χ4v) is 2.30. The molecule has 0 spiro atoms. The first-order chi connectivity index (χ1) is 8.99. The van der Waals surface area contributed by atoms with Crippen LogP contribution < -0.4 is 5.73 Å². The largest absolute Gasteiger partial charge is 0.459 e. The summed E-state index contributed by atoms with van der Waals surface area (Å²) in [6, 6.07) is 10.3. The van der Waals surface area contributed by atoms with Crippen LogP contribution in [0.5, 0.6) is 0 Å². The molecule has 0 aliphatic heterocycles. The van der Waals surface area contributed by atoms with Crippen LogP contribution in [0.1, 0.15) is 39.0 Å². The maximum atomic E-state index is 5.98. The quantitative estimate of drug-likeness (QED) is 0.894. The highest BCUT2D eigenvalue weighted by Crippen LogP contribution is 2.31. The Morgan fingerprint density at radius 1 is 1.32 bits per heavy atom. The van der Waals surface area contributed by atoms with E-state index in [1.54, 1.807) is 0 Å². The van der Waals surface area contributed by atoms with Gasteiger partial charge in [-0.05, 0) is 39.4 Å². The van der Waals surface area contributed by atoms with Crippen molar-refractivity contribution in [2.24, 2.45) is 5.73 Å². The molecular weight excluding hydrogens is 236 g/mol. The summed E-state index contributed by atoms with van der Waals surface area (Å²) < 4.78 is 5.96. The van der Waals surface area contributed by atoms with Gasteiger partial charge < -0.3 is 10.2 Å². The van der Waals surface area contributed by atoms with Crippen molar-refractivity contribution >= 4 is 11.0 Å². The van der Waals surface area contributed by atoms with E-state index in [-0.39, 0.29) is 11.6 Å². The summed E-state index contributed by atoms with van der Waals surface area (Å²) in [7, 11) is 2.12. The smallest absolute Gasteiger partial charge is 0.134 e. The Hall–Kier alpha value is -1.32. The molecule has 0 aliphatic rings. The van der Waals surface area contributed by atoms with Crippen LogP contribution in [0.4, 0.5) is 0 Å². The van der Waals surface area contributed by atoms with E-state index in [9.17, 15) is 0 Å². The zero-order valence-electron chi connectivity index (χ0n) is 12.3. The molecule has 1 atom stereocenters. The lowest BCUT2D eigenvalue weighted by molar-refractivity contribution is 0.0893. The van der Waals surface area contributed by atoms with Gasteiger partial charge in [0, 0.05) is 17.5 Å². The number of para-hydroxylation sites is 1. The van der Waals surface area contributed by atoms with Gasteiger partial charge in [-0.3, -0.25) is 4.90 Å². The SMILES string of the molecule is CCC(C)(C)N(C)C(CN)c1cc2ccccc2o1. The van der Waals surface area contributed by atoms with Gasteiger partial charge in [0.15, 0.2) is 0 Å². The second-order valence-electron chi connectivity index (χ2n) is 5.71. The predicted octanol–water partition coefficient (Wildman–Crippen LogP) is 3.55. The monoisotopic (exact) mass is 260 g/mol. The van der Waals surface area contributed by atoms with E-state index in [4.69, 9.17) is 10.2 Å². The van der Waals surface area contributed by atoms with E-state index in [1.807, 2.05) is 18.2 Å². The molecule has 0 radical (unpaired) electrons. The highest BCUT2D eigenvalue weighted by Gasteiger charge is 2.30. The third-order valence-electron chi connectivity index (χ3n) is 4.28. The molecule has 1 heterocycles. The number of benzene rings is 1. The number of nitrogens with zero attached hydrogens (tertiary/aromatic N) is 1. The number of furan rings is 1. The lowest BCUT2D eigenvalue weighted by Gasteiger charge is -2.39. The summed E-state index contributed by atoms with van der Waals surface area (Å²) in [6.45, 7) is 7.22. The average Bonchev–Trinajstić information content (AvgIpc) is 2.82. The Labute approximate surface area is 115 Å². The topological polar surface area (TPSA) is 42.4 Å². The number of hydrogen-bond acceptors (Lipinski definition) is 3. The molecule has 0 aliphatic carbocycles. The Morgan fingerprint density at radius 3 is 2.58 bits per heavy atom. The van der Waals surface area contributed by atoms with Gasteiger partial charge in [0.25, 0.3) is 0 Å². The number of nitrogens with two attached hydrogens (primary N) is 1. The van der Waals surface area contributed by atoms with Crippen LogP contribution in [0, 0.1) is 0 Å². The van der Waals surface area contributed by atoms with Crippen LogP contribution in [0.25, 0.3) is 11.0 Å². The zero-order chi connectivity index (χ0) is 14.0. The van der Waals surface area contributed by atoms with Gasteiger partial charge in [0.2, 0.25) is 0 Å². The second kappa shape index (κ2) is 5.35. The normalized spacial score (nSPS) is 14.2. The number of likely N-dealkylation sites (N-methyl/N-ethyl adjacent to an activating group) is 1. The Balaban J connectivity index is 2.36. The van der Waals surface area contributed by atoms with Gasteiger partial charge in [0.05, 0.1) is 6.04 Å². The highest BCUT2D eigenvalue weighted by atomic mass is 16.3. The molecule has 0 saturated carbocycles. The van der Waals surface area contributed by atoms with E-state index in [1.165, 1.54) is 0 Å². The molecule has 0 amide bonds. The van der Waals surface area contributed by atoms with Gasteiger partial charge in [-0.2, -0.15) is 0 Å². The van der Waals surface area contributed by atoms with Crippen molar-refractivity contribution in [2.45, 2.75) is 38.8 Å². The first-order valence-corrected chi connectivity index (χ1v) is 6.91. The zero-order valence-corrected chi connectivity index (χ0v) is 12.3. The van der Waals surface area contributed by atoms with Crippen molar-refractivity contribution in [3.8, 4) is 0 Å². The summed E-state index contributed by atoms with van der Waals surface area (Å²) in [5, 5.41) is 1.14. The molecule has 0 fully saturated rings. The molecular formula is C16H24N2O. The first kappa shape index (κ1) is 14.1. The lowest BCUT2D eigenvalue weighted by Crippen LogP contribution is -2.45. The summed E-state index contributed by atoms with van der Waals surface area (Å²) >= 11 is 0. The summed E-state index contributed by atoms with van der Waals surface area (Å²) in [4.78, 5) is 2.31. The Bertz CT molecular complexity index is 511. The van der Waals surface area contributed by atoms with Gasteiger partial charge in [-0.25, -0.2) is 0 Å². The Morgan fingerprint density at radius 2 is 2.00 bits per heavy atom. The van der Waals surface area contributed by atoms with Crippen molar-refractivity contribution < 1.29 is 4.42 Å². The fourth-order valence-electron chi connectivity index (χ4n) is 2.30. The van der Waals surface area contributed by atoms with Crippen LogP contribution in [0.2, 0.25) is 0 Å². The predicted molar refractivity (Wildman–Crippen MR) is 80.1 cm³/mol. The van der Waals surface area contributed by atoms with Gasteiger partial charge >= 0.3 is 0 Å². The van der Waals surface area contributed by atoms with Crippen molar-refractivity contribution in [3.05, 3.63) is 36.1 Å². The van der Waals surface area contributed by atoms with Gasteiger partial charge in [-0.1, -0.05) is 25.1 Å². The maximum absolute atomic E-state index is 5.98. The van der Waals surface area contributed by atoms with Crippen molar-refractivity contribution in [2.75, 3.05) is 13.6 Å². The van der Waals surface area contributed by atoms with E-state index in [0.29, 0.717) is 6.54 Å². The molecule has 19 heavy (non-hydrogen) atoms. The molecule has 1 aromatic carbocycles. The number of hydrogen-bond donors (Lipinski definition) is 1. The summed E-state index contributed by atoms with van der Waals surface area (Å²) in [5.41, 5.74) is 7.01. The molecule has 2 N–H and O–H groups in total. The number of fused-ring (bicyclic) bond motifs is 1. The highest BCUT2D eigenvalue weighted by molar-refractivity contribution is 5.77. The third kappa shape index (κ3) is 2.67. The molecule has 1 aromatic heterocycles. The lowest BCUT2D eigenvalue weighted by atomic mass is 9.97.